The molecular formula is C21H24N2O3. The van der Waals surface area contributed by atoms with E-state index in [1.807, 2.05) is 30.3 Å². The number of aliphatic hydroxyl groups is 1. The quantitative estimate of drug-likeness (QED) is 0.778. The molecule has 0 spiro atoms. The third-order valence-electron chi connectivity index (χ3n) is 4.68. The third kappa shape index (κ3) is 3.84. The monoisotopic (exact) mass is 352 g/mol. The van der Waals surface area contributed by atoms with Crippen molar-refractivity contribution < 1.29 is 14.7 Å². The first-order chi connectivity index (χ1) is 12.5. The van der Waals surface area contributed by atoms with Crippen molar-refractivity contribution in [3.05, 3.63) is 71.3 Å². The van der Waals surface area contributed by atoms with Crippen molar-refractivity contribution >= 4 is 11.8 Å². The Labute approximate surface area is 153 Å². The average molecular weight is 352 g/mol. The summed E-state index contributed by atoms with van der Waals surface area (Å²) in [5, 5.41) is 10.5. The first-order valence-electron chi connectivity index (χ1n) is 8.88. The molecule has 1 atom stereocenters. The summed E-state index contributed by atoms with van der Waals surface area (Å²) in [6.45, 7) is 5.23. The second-order valence-corrected chi connectivity index (χ2v) is 6.93. The second kappa shape index (κ2) is 7.81. The fraction of sp³-hybridized carbons (Fsp3) is 0.333. The minimum atomic E-state index is -0.802. The standard InChI is InChI=1S/C21H24N2O3/c1-15(2)22(12-16-8-4-3-5-9-16)13-17(24)14-23-20(25)18-10-6-7-11-19(18)21(23)26/h3-11,15,17,24H,12-14H2,1-2H3/t17-/m0/s1. The number of hydrogen-bond donors (Lipinski definition) is 1. The molecule has 0 radical (unpaired) electrons. The average Bonchev–Trinajstić information content (AvgIpc) is 2.87. The van der Waals surface area contributed by atoms with Crippen LogP contribution in [0.5, 0.6) is 0 Å². The predicted molar refractivity (Wildman–Crippen MR) is 99.8 cm³/mol. The smallest absolute Gasteiger partial charge is 0.261 e. The van der Waals surface area contributed by atoms with Crippen LogP contribution in [0.3, 0.4) is 0 Å². The van der Waals surface area contributed by atoms with Crippen molar-refractivity contribution in [2.24, 2.45) is 0 Å². The van der Waals surface area contributed by atoms with E-state index in [9.17, 15) is 14.7 Å². The molecule has 2 aromatic carbocycles. The number of hydrogen-bond acceptors (Lipinski definition) is 4. The zero-order valence-electron chi connectivity index (χ0n) is 15.1. The van der Waals surface area contributed by atoms with E-state index in [1.165, 1.54) is 0 Å². The normalized spacial score (nSPS) is 15.0. The van der Waals surface area contributed by atoms with Crippen LogP contribution in [0.4, 0.5) is 0 Å². The van der Waals surface area contributed by atoms with Gasteiger partial charge in [0.25, 0.3) is 11.8 Å². The third-order valence-corrected chi connectivity index (χ3v) is 4.68. The molecule has 0 aromatic heterocycles. The Balaban J connectivity index is 1.65. The van der Waals surface area contributed by atoms with Gasteiger partial charge in [0, 0.05) is 19.1 Å². The first kappa shape index (κ1) is 18.3. The summed E-state index contributed by atoms with van der Waals surface area (Å²) >= 11 is 0. The number of nitrogens with zero attached hydrogens (tertiary/aromatic N) is 2. The van der Waals surface area contributed by atoms with E-state index in [1.54, 1.807) is 24.3 Å². The maximum atomic E-state index is 12.4. The maximum absolute atomic E-state index is 12.4. The Morgan fingerprint density at radius 2 is 1.46 bits per heavy atom. The van der Waals surface area contributed by atoms with Crippen LogP contribution >= 0.6 is 0 Å². The van der Waals surface area contributed by atoms with Crippen molar-refractivity contribution in [1.29, 1.82) is 0 Å². The van der Waals surface area contributed by atoms with Gasteiger partial charge in [-0.2, -0.15) is 0 Å². The SMILES string of the molecule is CC(C)N(Cc1ccccc1)C[C@H](O)CN1C(=O)c2ccccc2C1=O. The Kier molecular flexibility index (Phi) is 5.49. The van der Waals surface area contributed by atoms with E-state index >= 15 is 0 Å². The fourth-order valence-corrected chi connectivity index (χ4v) is 3.22. The van der Waals surface area contributed by atoms with E-state index < -0.39 is 6.10 Å². The summed E-state index contributed by atoms with van der Waals surface area (Å²) in [6.07, 6.45) is -0.802. The van der Waals surface area contributed by atoms with Crippen LogP contribution in [0.2, 0.25) is 0 Å². The number of carbonyl (C=O) groups is 2. The molecule has 0 fully saturated rings. The molecule has 2 aromatic rings. The molecule has 3 rings (SSSR count). The molecule has 1 aliphatic heterocycles. The molecule has 2 amide bonds. The summed E-state index contributed by atoms with van der Waals surface area (Å²) in [5.41, 5.74) is 1.98. The van der Waals surface area contributed by atoms with Gasteiger partial charge < -0.3 is 5.11 Å². The number of fused-ring (bicyclic) bond motifs is 1. The molecule has 0 saturated heterocycles. The van der Waals surface area contributed by atoms with Crippen molar-refractivity contribution in [2.75, 3.05) is 13.1 Å². The molecule has 0 aliphatic carbocycles. The molecule has 1 N–H and O–H groups in total. The number of β-amino-alcohol motifs (C(OH)–C–C–N with tert-alkyl or cyclic N) is 1. The molecule has 1 heterocycles. The van der Waals surface area contributed by atoms with Crippen LogP contribution in [0.25, 0.3) is 0 Å². The van der Waals surface area contributed by atoms with Gasteiger partial charge in [-0.15, -0.1) is 0 Å². The van der Waals surface area contributed by atoms with Crippen LogP contribution in [0.1, 0.15) is 40.1 Å². The highest BCUT2D eigenvalue weighted by atomic mass is 16.3. The summed E-state index contributed by atoms with van der Waals surface area (Å²) in [6, 6.07) is 17.1. The molecule has 136 valence electrons. The van der Waals surface area contributed by atoms with Gasteiger partial charge >= 0.3 is 0 Å². The molecule has 0 bridgehead atoms. The van der Waals surface area contributed by atoms with E-state index in [2.05, 4.69) is 18.7 Å². The number of imide groups is 1. The van der Waals surface area contributed by atoms with Crippen LogP contribution in [-0.4, -0.2) is 52.0 Å². The Morgan fingerprint density at radius 3 is 2.00 bits per heavy atom. The van der Waals surface area contributed by atoms with Gasteiger partial charge in [0.05, 0.1) is 23.8 Å². The number of aliphatic hydroxyl groups excluding tert-OH is 1. The molecule has 5 heteroatoms. The summed E-state index contributed by atoms with van der Waals surface area (Å²) in [5.74, 6) is -0.660. The lowest BCUT2D eigenvalue weighted by Gasteiger charge is -2.30. The molecule has 0 saturated carbocycles. The van der Waals surface area contributed by atoms with Gasteiger partial charge in [-0.1, -0.05) is 42.5 Å². The minimum absolute atomic E-state index is 0.00432. The van der Waals surface area contributed by atoms with Crippen LogP contribution in [0.15, 0.2) is 54.6 Å². The first-order valence-corrected chi connectivity index (χ1v) is 8.88. The summed E-state index contributed by atoms with van der Waals surface area (Å²) in [7, 11) is 0. The van der Waals surface area contributed by atoms with Crippen molar-refractivity contribution in [3.63, 3.8) is 0 Å². The second-order valence-electron chi connectivity index (χ2n) is 6.93. The molecule has 26 heavy (non-hydrogen) atoms. The van der Waals surface area contributed by atoms with E-state index in [0.29, 0.717) is 24.2 Å². The van der Waals surface area contributed by atoms with Gasteiger partial charge in [0.15, 0.2) is 0 Å². The lowest BCUT2D eigenvalue weighted by atomic mass is 10.1. The van der Waals surface area contributed by atoms with E-state index in [4.69, 9.17) is 0 Å². The van der Waals surface area contributed by atoms with Crippen LogP contribution in [0, 0.1) is 0 Å². The van der Waals surface area contributed by atoms with Gasteiger partial charge in [-0.05, 0) is 31.5 Å². The molecule has 0 unspecified atom stereocenters. The Bertz CT molecular complexity index is 754. The van der Waals surface area contributed by atoms with Crippen molar-refractivity contribution in [3.8, 4) is 0 Å². The highest BCUT2D eigenvalue weighted by molar-refractivity contribution is 6.21. The Hall–Kier alpha value is -2.50. The largest absolute Gasteiger partial charge is 0.390 e. The van der Waals surface area contributed by atoms with Crippen molar-refractivity contribution in [1.82, 2.24) is 9.80 Å². The lowest BCUT2D eigenvalue weighted by molar-refractivity contribution is 0.0431. The van der Waals surface area contributed by atoms with Gasteiger partial charge in [0.1, 0.15) is 0 Å². The zero-order chi connectivity index (χ0) is 18.7. The van der Waals surface area contributed by atoms with Gasteiger partial charge in [0.2, 0.25) is 0 Å². The summed E-state index contributed by atoms with van der Waals surface area (Å²) in [4.78, 5) is 28.2. The predicted octanol–water partition coefficient (Wildman–Crippen LogP) is 2.55. The highest BCUT2D eigenvalue weighted by Crippen LogP contribution is 2.22. The van der Waals surface area contributed by atoms with E-state index in [-0.39, 0.29) is 24.4 Å². The maximum Gasteiger partial charge on any atom is 0.261 e. The molecule has 1 aliphatic rings. The number of amides is 2. The van der Waals surface area contributed by atoms with E-state index in [0.717, 1.165) is 10.5 Å². The van der Waals surface area contributed by atoms with Crippen LogP contribution in [-0.2, 0) is 6.54 Å². The van der Waals surface area contributed by atoms with Gasteiger partial charge in [-0.25, -0.2) is 0 Å². The van der Waals surface area contributed by atoms with Crippen molar-refractivity contribution in [2.45, 2.75) is 32.5 Å². The number of rotatable bonds is 7. The number of carbonyl (C=O) groups excluding carboxylic acids is 2. The minimum Gasteiger partial charge on any atom is -0.390 e. The summed E-state index contributed by atoms with van der Waals surface area (Å²) < 4.78 is 0. The zero-order valence-corrected chi connectivity index (χ0v) is 15.1. The van der Waals surface area contributed by atoms with Crippen LogP contribution < -0.4 is 0 Å². The Morgan fingerprint density at radius 1 is 0.923 bits per heavy atom. The molecular weight excluding hydrogens is 328 g/mol. The lowest BCUT2D eigenvalue weighted by Crippen LogP contribution is -2.44. The molecule has 5 nitrogen and oxygen atoms in total. The van der Waals surface area contributed by atoms with Gasteiger partial charge in [-0.3, -0.25) is 19.4 Å². The highest BCUT2D eigenvalue weighted by Gasteiger charge is 2.36. The number of benzene rings is 2. The fourth-order valence-electron chi connectivity index (χ4n) is 3.22. The topological polar surface area (TPSA) is 60.9 Å².